The van der Waals surface area contributed by atoms with Gasteiger partial charge >= 0.3 is 6.18 Å². The average Bonchev–Trinajstić information content (AvgIpc) is 2.26. The Hall–Kier alpha value is -0.820. The number of alkyl halides is 3. The number of fused-ring (bicyclic) bond motifs is 1. The molecule has 1 aromatic heterocycles. The summed E-state index contributed by atoms with van der Waals surface area (Å²) in [6.45, 7) is 0. The molecule has 0 unspecified atom stereocenters. The van der Waals surface area contributed by atoms with Crippen LogP contribution in [-0.2, 0) is 6.42 Å². The number of hydrogen-bond donors (Lipinski definition) is 0. The molecule has 0 saturated carbocycles. The first kappa shape index (κ1) is 14.6. The smallest absolute Gasteiger partial charge is 0.393 e. The highest BCUT2D eigenvalue weighted by Crippen LogP contribution is 2.38. The maximum absolute atomic E-state index is 12.6. The van der Waals surface area contributed by atoms with Crippen LogP contribution in [0.3, 0.4) is 0 Å². The lowest BCUT2D eigenvalue weighted by molar-refractivity contribution is -0.127. The average molecular weight is 399 g/mol. The predicted molar refractivity (Wildman–Crippen MR) is 73.5 cm³/mol. The van der Waals surface area contributed by atoms with Gasteiger partial charge in [0.2, 0.25) is 0 Å². The zero-order chi connectivity index (χ0) is 14.2. The molecule has 2 rings (SSSR count). The van der Waals surface area contributed by atoms with E-state index in [1.54, 1.807) is 12.3 Å². The van der Waals surface area contributed by atoms with E-state index in [4.69, 9.17) is 4.74 Å². The Morgan fingerprint density at radius 2 is 1.95 bits per heavy atom. The summed E-state index contributed by atoms with van der Waals surface area (Å²) in [5.41, 5.74) is 0.639. The molecule has 1 heterocycles. The molecule has 0 aliphatic carbocycles. The lowest BCUT2D eigenvalue weighted by Crippen LogP contribution is -2.12. The van der Waals surface area contributed by atoms with Crippen LogP contribution in [0.25, 0.3) is 10.9 Å². The fourth-order valence-corrected chi connectivity index (χ4v) is 2.77. The van der Waals surface area contributed by atoms with Gasteiger partial charge in [-0.2, -0.15) is 13.2 Å². The number of rotatable bonds is 2. The number of hydrogen-bond acceptors (Lipinski definition) is 2. The number of nitrogens with zero attached hydrogens (tertiary/aromatic N) is 1. The molecule has 0 saturated heterocycles. The minimum atomic E-state index is -4.29. The van der Waals surface area contributed by atoms with Crippen molar-refractivity contribution in [3.63, 3.8) is 0 Å². The molecule has 0 spiro atoms. The third-order valence-electron chi connectivity index (χ3n) is 2.51. The summed E-state index contributed by atoms with van der Waals surface area (Å²) in [5, 5.41) is 0.533. The van der Waals surface area contributed by atoms with Gasteiger partial charge in [0, 0.05) is 26.1 Å². The number of ether oxygens (including phenoxy) is 1. The van der Waals surface area contributed by atoms with E-state index < -0.39 is 12.6 Å². The van der Waals surface area contributed by atoms with Crippen molar-refractivity contribution in [1.82, 2.24) is 4.98 Å². The summed E-state index contributed by atoms with van der Waals surface area (Å²) in [6.07, 6.45) is -3.76. The van der Waals surface area contributed by atoms with Gasteiger partial charge < -0.3 is 4.74 Å². The first-order chi connectivity index (χ1) is 8.81. The van der Waals surface area contributed by atoms with Gasteiger partial charge in [-0.05, 0) is 44.0 Å². The Kier molecular flexibility index (Phi) is 4.06. The van der Waals surface area contributed by atoms with Gasteiger partial charge in [-0.25, -0.2) is 0 Å². The van der Waals surface area contributed by atoms with E-state index in [0.717, 1.165) is 0 Å². The molecule has 0 N–H and O–H groups in total. The molecule has 0 fully saturated rings. The monoisotopic (exact) mass is 397 g/mol. The van der Waals surface area contributed by atoms with Crippen LogP contribution in [0.2, 0.25) is 0 Å². The van der Waals surface area contributed by atoms with Gasteiger partial charge in [0.15, 0.2) is 0 Å². The molecule has 0 aliphatic rings. The van der Waals surface area contributed by atoms with Crippen molar-refractivity contribution in [2.75, 3.05) is 7.11 Å². The highest BCUT2D eigenvalue weighted by molar-refractivity contribution is 9.11. The number of methoxy groups -OCH3 is 1. The Balaban J connectivity index is 2.71. The second-order valence-corrected chi connectivity index (χ2v) is 5.66. The molecular formula is C12H8Br2F3NO. The molecule has 0 amide bonds. The van der Waals surface area contributed by atoms with E-state index in [1.807, 2.05) is 0 Å². The van der Waals surface area contributed by atoms with Crippen LogP contribution in [0.5, 0.6) is 5.75 Å². The normalized spacial score (nSPS) is 11.9. The minimum absolute atomic E-state index is 0.0780. The van der Waals surface area contributed by atoms with Gasteiger partial charge in [0.05, 0.1) is 19.0 Å². The van der Waals surface area contributed by atoms with Crippen molar-refractivity contribution in [2.24, 2.45) is 0 Å². The zero-order valence-electron chi connectivity index (χ0n) is 9.68. The Morgan fingerprint density at radius 1 is 1.26 bits per heavy atom. The maximum atomic E-state index is 12.6. The lowest BCUT2D eigenvalue weighted by Gasteiger charge is -2.14. The molecule has 0 bridgehead atoms. The fourth-order valence-electron chi connectivity index (χ4n) is 1.85. The van der Waals surface area contributed by atoms with Crippen LogP contribution in [0.1, 0.15) is 5.56 Å². The first-order valence-electron chi connectivity index (χ1n) is 5.19. The molecule has 2 nitrogen and oxygen atoms in total. The Morgan fingerprint density at radius 3 is 2.53 bits per heavy atom. The highest BCUT2D eigenvalue weighted by Gasteiger charge is 2.30. The summed E-state index contributed by atoms with van der Waals surface area (Å²) in [5.74, 6) is 0.198. The van der Waals surface area contributed by atoms with Gasteiger partial charge in [-0.15, -0.1) is 0 Å². The van der Waals surface area contributed by atoms with E-state index in [-0.39, 0.29) is 11.3 Å². The summed E-state index contributed by atoms with van der Waals surface area (Å²) >= 11 is 6.49. The highest BCUT2D eigenvalue weighted by atomic mass is 79.9. The van der Waals surface area contributed by atoms with Gasteiger partial charge in [-0.3, -0.25) is 4.98 Å². The standard InChI is InChI=1S/C12H8Br2F3NO/c1-19-11-6(4-12(15,16)17)2-9(14)10-8(11)3-7(13)5-18-10/h2-3,5H,4H2,1H3. The molecule has 1 aromatic carbocycles. The van der Waals surface area contributed by atoms with Crippen molar-refractivity contribution in [3.05, 3.63) is 32.8 Å². The van der Waals surface area contributed by atoms with E-state index in [0.29, 0.717) is 19.8 Å². The third kappa shape index (κ3) is 3.20. The summed E-state index contributed by atoms with van der Waals surface area (Å²) in [7, 11) is 1.35. The molecule has 0 radical (unpaired) electrons. The van der Waals surface area contributed by atoms with Crippen LogP contribution in [0.4, 0.5) is 13.2 Å². The van der Waals surface area contributed by atoms with Gasteiger partial charge in [-0.1, -0.05) is 0 Å². The topological polar surface area (TPSA) is 22.1 Å². The van der Waals surface area contributed by atoms with Crippen LogP contribution in [0.15, 0.2) is 27.3 Å². The first-order valence-corrected chi connectivity index (χ1v) is 6.78. The number of halogens is 5. The van der Waals surface area contributed by atoms with E-state index in [9.17, 15) is 13.2 Å². The second-order valence-electron chi connectivity index (χ2n) is 3.89. The number of benzene rings is 1. The van der Waals surface area contributed by atoms with Crippen molar-refractivity contribution in [3.8, 4) is 5.75 Å². The molecule has 0 atom stereocenters. The molecule has 7 heteroatoms. The Labute approximate surface area is 124 Å². The van der Waals surface area contributed by atoms with Crippen molar-refractivity contribution >= 4 is 42.8 Å². The minimum Gasteiger partial charge on any atom is -0.496 e. The van der Waals surface area contributed by atoms with Gasteiger partial charge in [0.1, 0.15) is 5.75 Å². The van der Waals surface area contributed by atoms with Crippen LogP contribution in [-0.4, -0.2) is 18.3 Å². The predicted octanol–water partition coefficient (Wildman–Crippen LogP) is 4.87. The van der Waals surface area contributed by atoms with Crippen LogP contribution in [0, 0.1) is 0 Å². The van der Waals surface area contributed by atoms with Gasteiger partial charge in [0.25, 0.3) is 0 Å². The summed E-state index contributed by atoms with van der Waals surface area (Å²) in [4.78, 5) is 4.17. The van der Waals surface area contributed by atoms with Crippen molar-refractivity contribution in [2.45, 2.75) is 12.6 Å². The largest absolute Gasteiger partial charge is 0.496 e. The fraction of sp³-hybridized carbons (Fsp3) is 0.250. The quantitative estimate of drug-likeness (QED) is 0.719. The second kappa shape index (κ2) is 5.28. The summed E-state index contributed by atoms with van der Waals surface area (Å²) < 4.78 is 44.0. The Bertz CT molecular complexity index is 628. The van der Waals surface area contributed by atoms with Crippen molar-refractivity contribution in [1.29, 1.82) is 0 Å². The van der Waals surface area contributed by atoms with Crippen LogP contribution >= 0.6 is 31.9 Å². The van der Waals surface area contributed by atoms with E-state index >= 15 is 0 Å². The molecule has 2 aromatic rings. The summed E-state index contributed by atoms with van der Waals surface area (Å²) in [6, 6.07) is 3.08. The molecule has 0 aliphatic heterocycles. The molecule has 102 valence electrons. The number of pyridine rings is 1. The lowest BCUT2D eigenvalue weighted by atomic mass is 10.1. The maximum Gasteiger partial charge on any atom is 0.393 e. The molecular weight excluding hydrogens is 391 g/mol. The third-order valence-corrected chi connectivity index (χ3v) is 3.55. The van der Waals surface area contributed by atoms with Crippen LogP contribution < -0.4 is 4.74 Å². The number of aromatic nitrogens is 1. The van der Waals surface area contributed by atoms with Crippen molar-refractivity contribution < 1.29 is 17.9 Å². The SMILES string of the molecule is COc1c(CC(F)(F)F)cc(Br)c2ncc(Br)cc12. The van der Waals surface area contributed by atoms with E-state index in [2.05, 4.69) is 36.8 Å². The molecule has 19 heavy (non-hydrogen) atoms. The van der Waals surface area contributed by atoms with E-state index in [1.165, 1.54) is 13.2 Å². The zero-order valence-corrected chi connectivity index (χ0v) is 12.9.